The first-order chi connectivity index (χ1) is 10.1. The Kier molecular flexibility index (Phi) is 3.23. The Balaban J connectivity index is 2.23. The van der Waals surface area contributed by atoms with Crippen LogP contribution < -0.4 is 0 Å². The van der Waals surface area contributed by atoms with Gasteiger partial charge in [0.15, 0.2) is 5.82 Å². The van der Waals surface area contributed by atoms with E-state index in [1.165, 1.54) is 6.08 Å². The number of fused-ring (bicyclic) bond motifs is 1. The summed E-state index contributed by atoms with van der Waals surface area (Å²) in [5.74, 6) is -0.384. The van der Waals surface area contributed by atoms with E-state index in [1.807, 2.05) is 43.5 Å². The second-order valence-corrected chi connectivity index (χ2v) is 4.73. The standard InChI is InChI=1S/C16H13N3O2/c1-11-9-17-19(10-11)16-13(6-7-15(20)21)8-12-4-2-3-5-14(12)18-16/h2-10H,1H3,(H,20,21)/b7-6+. The van der Waals surface area contributed by atoms with Crippen LogP contribution in [0, 0.1) is 6.92 Å². The van der Waals surface area contributed by atoms with Crippen LogP contribution in [0.25, 0.3) is 22.8 Å². The largest absolute Gasteiger partial charge is 0.478 e. The number of hydrogen-bond donors (Lipinski definition) is 1. The highest BCUT2D eigenvalue weighted by Crippen LogP contribution is 2.21. The average molecular weight is 279 g/mol. The number of para-hydroxylation sites is 1. The fourth-order valence-electron chi connectivity index (χ4n) is 2.12. The van der Waals surface area contributed by atoms with Crippen molar-refractivity contribution in [3.8, 4) is 5.82 Å². The van der Waals surface area contributed by atoms with Gasteiger partial charge < -0.3 is 5.11 Å². The summed E-state index contributed by atoms with van der Waals surface area (Å²) in [4.78, 5) is 15.4. The minimum atomic E-state index is -0.995. The number of hydrogen-bond acceptors (Lipinski definition) is 3. The number of rotatable bonds is 3. The van der Waals surface area contributed by atoms with Crippen molar-refractivity contribution < 1.29 is 9.90 Å². The summed E-state index contributed by atoms with van der Waals surface area (Å²) in [6, 6.07) is 9.61. The van der Waals surface area contributed by atoms with Crippen molar-refractivity contribution in [2.75, 3.05) is 0 Å². The van der Waals surface area contributed by atoms with Crippen molar-refractivity contribution in [1.29, 1.82) is 0 Å². The van der Waals surface area contributed by atoms with Gasteiger partial charge in [0, 0.05) is 23.2 Å². The molecule has 104 valence electrons. The van der Waals surface area contributed by atoms with Gasteiger partial charge in [-0.05, 0) is 30.7 Å². The molecule has 0 spiro atoms. The molecule has 1 aromatic carbocycles. The molecule has 5 heteroatoms. The summed E-state index contributed by atoms with van der Waals surface area (Å²) >= 11 is 0. The Morgan fingerprint density at radius 1 is 1.33 bits per heavy atom. The van der Waals surface area contributed by atoms with Crippen molar-refractivity contribution in [1.82, 2.24) is 14.8 Å². The maximum atomic E-state index is 10.8. The maximum absolute atomic E-state index is 10.8. The Hall–Kier alpha value is -2.95. The summed E-state index contributed by atoms with van der Waals surface area (Å²) in [5, 5.41) is 14.0. The average Bonchev–Trinajstić information content (AvgIpc) is 2.90. The van der Waals surface area contributed by atoms with E-state index < -0.39 is 5.97 Å². The first-order valence-electron chi connectivity index (χ1n) is 6.46. The molecule has 0 saturated carbocycles. The number of aliphatic carboxylic acids is 1. The van der Waals surface area contributed by atoms with Gasteiger partial charge in [0.25, 0.3) is 0 Å². The molecule has 0 unspecified atom stereocenters. The zero-order valence-corrected chi connectivity index (χ0v) is 11.4. The number of aromatic nitrogens is 3. The van der Waals surface area contributed by atoms with Gasteiger partial charge in [-0.1, -0.05) is 18.2 Å². The second-order valence-electron chi connectivity index (χ2n) is 4.73. The van der Waals surface area contributed by atoms with Crippen molar-refractivity contribution in [3.63, 3.8) is 0 Å². The molecule has 0 saturated heterocycles. The van der Waals surface area contributed by atoms with Crippen LogP contribution >= 0.6 is 0 Å². The van der Waals surface area contributed by atoms with Gasteiger partial charge in [0.1, 0.15) is 0 Å². The minimum absolute atomic E-state index is 0.610. The number of carboxylic acids is 1. The summed E-state index contributed by atoms with van der Waals surface area (Å²) in [6.07, 6.45) is 6.23. The monoisotopic (exact) mass is 279 g/mol. The van der Waals surface area contributed by atoms with Gasteiger partial charge >= 0.3 is 5.97 Å². The van der Waals surface area contributed by atoms with Gasteiger partial charge in [-0.25, -0.2) is 14.5 Å². The smallest absolute Gasteiger partial charge is 0.328 e. The highest BCUT2D eigenvalue weighted by molar-refractivity contribution is 5.88. The van der Waals surface area contributed by atoms with Crippen molar-refractivity contribution >= 4 is 22.9 Å². The number of nitrogens with zero attached hydrogens (tertiary/aromatic N) is 3. The van der Waals surface area contributed by atoms with E-state index >= 15 is 0 Å². The fourth-order valence-corrected chi connectivity index (χ4v) is 2.12. The highest BCUT2D eigenvalue weighted by atomic mass is 16.4. The lowest BCUT2D eigenvalue weighted by molar-refractivity contribution is -0.131. The van der Waals surface area contributed by atoms with E-state index in [9.17, 15) is 4.79 Å². The van der Waals surface area contributed by atoms with Gasteiger partial charge in [-0.2, -0.15) is 5.10 Å². The van der Waals surface area contributed by atoms with Gasteiger partial charge in [-0.3, -0.25) is 0 Å². The molecule has 5 nitrogen and oxygen atoms in total. The first kappa shape index (κ1) is 13.1. The molecule has 21 heavy (non-hydrogen) atoms. The normalized spacial score (nSPS) is 11.3. The van der Waals surface area contributed by atoms with E-state index in [2.05, 4.69) is 10.1 Å². The number of carboxylic acid groups (broad SMARTS) is 1. The molecule has 0 aliphatic heterocycles. The van der Waals surface area contributed by atoms with E-state index in [0.29, 0.717) is 11.4 Å². The lowest BCUT2D eigenvalue weighted by Crippen LogP contribution is -2.01. The van der Waals surface area contributed by atoms with Gasteiger partial charge in [-0.15, -0.1) is 0 Å². The van der Waals surface area contributed by atoms with Crippen LogP contribution in [0.3, 0.4) is 0 Å². The Bertz CT molecular complexity index is 850. The molecule has 0 radical (unpaired) electrons. The topological polar surface area (TPSA) is 68.0 Å². The third-order valence-electron chi connectivity index (χ3n) is 3.07. The zero-order chi connectivity index (χ0) is 14.8. The number of benzene rings is 1. The highest BCUT2D eigenvalue weighted by Gasteiger charge is 2.08. The van der Waals surface area contributed by atoms with E-state index in [-0.39, 0.29) is 0 Å². The summed E-state index contributed by atoms with van der Waals surface area (Å²) < 4.78 is 1.66. The molecular formula is C16H13N3O2. The van der Waals surface area contributed by atoms with Crippen LogP contribution in [-0.4, -0.2) is 25.8 Å². The molecule has 0 aliphatic carbocycles. The second kappa shape index (κ2) is 5.20. The Morgan fingerprint density at radius 3 is 2.86 bits per heavy atom. The van der Waals surface area contributed by atoms with Crippen LogP contribution in [-0.2, 0) is 4.79 Å². The molecule has 3 aromatic rings. The van der Waals surface area contributed by atoms with Crippen molar-refractivity contribution in [2.24, 2.45) is 0 Å². The number of carbonyl (C=O) groups is 1. The number of aryl methyl sites for hydroxylation is 1. The quantitative estimate of drug-likeness (QED) is 0.748. The predicted octanol–water partition coefficient (Wildman–Crippen LogP) is 2.83. The fraction of sp³-hybridized carbons (Fsp3) is 0.0625. The molecule has 3 rings (SSSR count). The van der Waals surface area contributed by atoms with E-state index in [4.69, 9.17) is 5.11 Å². The molecular weight excluding hydrogens is 266 g/mol. The molecule has 0 fully saturated rings. The summed E-state index contributed by atoms with van der Waals surface area (Å²) in [5.41, 5.74) is 2.56. The zero-order valence-electron chi connectivity index (χ0n) is 11.4. The molecule has 0 amide bonds. The van der Waals surface area contributed by atoms with Crippen molar-refractivity contribution in [2.45, 2.75) is 6.92 Å². The Labute approximate surface area is 121 Å². The SMILES string of the molecule is Cc1cnn(-c2nc3ccccc3cc2/C=C/C(=O)O)c1. The van der Waals surface area contributed by atoms with Crippen LogP contribution in [0.2, 0.25) is 0 Å². The molecule has 0 aliphatic rings. The third-order valence-corrected chi connectivity index (χ3v) is 3.07. The van der Waals surface area contributed by atoms with Gasteiger partial charge in [0.05, 0.1) is 11.7 Å². The summed E-state index contributed by atoms with van der Waals surface area (Å²) in [7, 11) is 0. The lowest BCUT2D eigenvalue weighted by atomic mass is 10.1. The lowest BCUT2D eigenvalue weighted by Gasteiger charge is -2.07. The van der Waals surface area contributed by atoms with E-state index in [0.717, 1.165) is 22.5 Å². The molecule has 0 bridgehead atoms. The molecule has 1 N–H and O–H groups in total. The maximum Gasteiger partial charge on any atom is 0.328 e. The van der Waals surface area contributed by atoms with Crippen LogP contribution in [0.1, 0.15) is 11.1 Å². The molecule has 0 atom stereocenters. The Morgan fingerprint density at radius 2 is 2.14 bits per heavy atom. The van der Waals surface area contributed by atoms with Crippen molar-refractivity contribution in [3.05, 3.63) is 59.9 Å². The molecule has 2 heterocycles. The van der Waals surface area contributed by atoms with Gasteiger partial charge in [0.2, 0.25) is 0 Å². The van der Waals surface area contributed by atoms with E-state index in [1.54, 1.807) is 10.9 Å². The molecule has 2 aromatic heterocycles. The van der Waals surface area contributed by atoms with Crippen LogP contribution in [0.4, 0.5) is 0 Å². The summed E-state index contributed by atoms with van der Waals surface area (Å²) in [6.45, 7) is 1.94. The predicted molar refractivity (Wildman–Crippen MR) is 80.3 cm³/mol. The number of pyridine rings is 1. The first-order valence-corrected chi connectivity index (χ1v) is 6.46. The van der Waals surface area contributed by atoms with Crippen LogP contribution in [0.15, 0.2) is 48.8 Å². The minimum Gasteiger partial charge on any atom is -0.478 e. The third kappa shape index (κ3) is 2.67. The van der Waals surface area contributed by atoms with Crippen LogP contribution in [0.5, 0.6) is 0 Å².